The highest BCUT2D eigenvalue weighted by atomic mass is 16.2. The third-order valence-electron chi connectivity index (χ3n) is 5.42. The fourth-order valence-corrected chi connectivity index (χ4v) is 3.83. The van der Waals surface area contributed by atoms with Gasteiger partial charge in [0.15, 0.2) is 0 Å². The third kappa shape index (κ3) is 4.60. The summed E-state index contributed by atoms with van der Waals surface area (Å²) in [5.74, 6) is 0.686. The van der Waals surface area contributed by atoms with Crippen molar-refractivity contribution in [2.45, 2.75) is 51.5 Å². The van der Waals surface area contributed by atoms with Crippen LogP contribution in [0, 0.1) is 5.92 Å². The number of carbonyl (C=O) groups excluding carboxylic acids is 2. The molecule has 0 spiro atoms. The van der Waals surface area contributed by atoms with Gasteiger partial charge in [0.25, 0.3) is 5.91 Å². The molecular formula is C20H29N3O2. The van der Waals surface area contributed by atoms with Crippen LogP contribution in [-0.2, 0) is 11.2 Å². The standard InChI is InChI=1S/C20H29N3O2/c1-2-6-18-19(24)23(20(25)21-18)15-22-13-11-17(12-14-22)10-9-16-7-4-3-5-8-16/h3-5,7-8,17-18H,2,6,9-15H2,1H3,(H,21,25)/t18-/m0/s1. The number of urea groups is 1. The summed E-state index contributed by atoms with van der Waals surface area (Å²) < 4.78 is 0. The number of aryl methyl sites for hydroxylation is 1. The number of imide groups is 1. The van der Waals surface area contributed by atoms with Crippen LogP contribution in [0.3, 0.4) is 0 Å². The summed E-state index contributed by atoms with van der Waals surface area (Å²) in [6, 6.07) is 10.1. The second-order valence-electron chi connectivity index (χ2n) is 7.28. The summed E-state index contributed by atoms with van der Waals surface area (Å²) in [6.07, 6.45) is 6.28. The second kappa shape index (κ2) is 8.48. The molecule has 1 aromatic carbocycles. The van der Waals surface area contributed by atoms with E-state index in [0.29, 0.717) is 6.67 Å². The Kier molecular flexibility index (Phi) is 6.08. The smallest absolute Gasteiger partial charge is 0.325 e. The van der Waals surface area contributed by atoms with Crippen LogP contribution in [0.15, 0.2) is 30.3 Å². The molecule has 1 N–H and O–H groups in total. The van der Waals surface area contributed by atoms with Crippen molar-refractivity contribution in [1.29, 1.82) is 0 Å². The quantitative estimate of drug-likeness (QED) is 0.774. The van der Waals surface area contributed by atoms with Crippen molar-refractivity contribution in [2.24, 2.45) is 5.92 Å². The van der Waals surface area contributed by atoms with Crippen LogP contribution in [0.4, 0.5) is 4.79 Å². The zero-order chi connectivity index (χ0) is 17.6. The van der Waals surface area contributed by atoms with Crippen molar-refractivity contribution in [3.05, 3.63) is 35.9 Å². The maximum absolute atomic E-state index is 12.3. The van der Waals surface area contributed by atoms with E-state index in [1.165, 1.54) is 16.9 Å². The fourth-order valence-electron chi connectivity index (χ4n) is 3.83. The lowest BCUT2D eigenvalue weighted by atomic mass is 9.91. The van der Waals surface area contributed by atoms with E-state index in [-0.39, 0.29) is 18.0 Å². The fraction of sp³-hybridized carbons (Fsp3) is 0.600. The van der Waals surface area contributed by atoms with Gasteiger partial charge in [-0.1, -0.05) is 43.7 Å². The summed E-state index contributed by atoms with van der Waals surface area (Å²) >= 11 is 0. The van der Waals surface area contributed by atoms with Gasteiger partial charge in [0.05, 0.1) is 6.67 Å². The largest absolute Gasteiger partial charge is 0.326 e. The Hall–Kier alpha value is -1.88. The Morgan fingerprint density at radius 2 is 1.80 bits per heavy atom. The number of benzene rings is 1. The van der Waals surface area contributed by atoms with Gasteiger partial charge in [-0.3, -0.25) is 9.69 Å². The van der Waals surface area contributed by atoms with Gasteiger partial charge in [-0.15, -0.1) is 0 Å². The van der Waals surface area contributed by atoms with Crippen molar-refractivity contribution in [3.63, 3.8) is 0 Å². The number of amides is 3. The van der Waals surface area contributed by atoms with Gasteiger partial charge < -0.3 is 5.32 Å². The maximum atomic E-state index is 12.3. The predicted octanol–water partition coefficient (Wildman–Crippen LogP) is 3.01. The Balaban J connectivity index is 1.42. The van der Waals surface area contributed by atoms with E-state index in [4.69, 9.17) is 0 Å². The number of likely N-dealkylation sites (tertiary alicyclic amines) is 1. The molecular weight excluding hydrogens is 314 g/mol. The molecule has 0 unspecified atom stereocenters. The van der Waals surface area contributed by atoms with Crippen LogP contribution < -0.4 is 5.32 Å². The molecule has 0 bridgehead atoms. The number of nitrogens with zero attached hydrogens (tertiary/aromatic N) is 2. The van der Waals surface area contributed by atoms with E-state index in [2.05, 4.69) is 40.5 Å². The molecule has 2 aliphatic heterocycles. The highest BCUT2D eigenvalue weighted by molar-refractivity contribution is 6.04. The third-order valence-corrected chi connectivity index (χ3v) is 5.42. The van der Waals surface area contributed by atoms with E-state index < -0.39 is 0 Å². The zero-order valence-electron chi connectivity index (χ0n) is 15.1. The average Bonchev–Trinajstić information content (AvgIpc) is 2.90. The molecule has 2 fully saturated rings. The minimum Gasteiger partial charge on any atom is -0.326 e. The first-order valence-corrected chi connectivity index (χ1v) is 9.55. The lowest BCUT2D eigenvalue weighted by Crippen LogP contribution is -2.45. The van der Waals surface area contributed by atoms with Gasteiger partial charge in [-0.25, -0.2) is 9.69 Å². The molecule has 5 heteroatoms. The number of nitrogens with one attached hydrogen (secondary N) is 1. The summed E-state index contributed by atoms with van der Waals surface area (Å²) in [5.41, 5.74) is 1.41. The Labute approximate surface area is 150 Å². The molecule has 5 nitrogen and oxygen atoms in total. The molecule has 136 valence electrons. The minimum atomic E-state index is -0.319. The van der Waals surface area contributed by atoms with Crippen molar-refractivity contribution < 1.29 is 9.59 Å². The van der Waals surface area contributed by atoms with Crippen LogP contribution in [0.2, 0.25) is 0 Å². The Bertz CT molecular complexity index is 582. The van der Waals surface area contributed by atoms with E-state index in [9.17, 15) is 9.59 Å². The van der Waals surface area contributed by atoms with E-state index in [1.807, 2.05) is 6.92 Å². The molecule has 0 aromatic heterocycles. The first-order valence-electron chi connectivity index (χ1n) is 9.55. The highest BCUT2D eigenvalue weighted by Crippen LogP contribution is 2.23. The lowest BCUT2D eigenvalue weighted by molar-refractivity contribution is -0.129. The molecule has 0 aliphatic carbocycles. The van der Waals surface area contributed by atoms with Crippen molar-refractivity contribution >= 4 is 11.9 Å². The monoisotopic (exact) mass is 343 g/mol. The van der Waals surface area contributed by atoms with Gasteiger partial charge in [0.1, 0.15) is 6.04 Å². The van der Waals surface area contributed by atoms with Crippen LogP contribution in [0.5, 0.6) is 0 Å². The van der Waals surface area contributed by atoms with Gasteiger partial charge in [0.2, 0.25) is 0 Å². The second-order valence-corrected chi connectivity index (χ2v) is 7.28. The van der Waals surface area contributed by atoms with Gasteiger partial charge in [-0.05, 0) is 43.6 Å². The molecule has 3 amide bonds. The van der Waals surface area contributed by atoms with E-state index in [1.54, 1.807) is 0 Å². The molecule has 1 atom stereocenters. The molecule has 3 rings (SSSR count). The molecule has 2 heterocycles. The van der Waals surface area contributed by atoms with Crippen LogP contribution in [-0.4, -0.2) is 47.5 Å². The number of piperidine rings is 1. The summed E-state index contributed by atoms with van der Waals surface area (Å²) in [7, 11) is 0. The number of rotatable bonds is 7. The summed E-state index contributed by atoms with van der Waals surface area (Å²) in [6.45, 7) is 4.41. The Morgan fingerprint density at radius 1 is 1.08 bits per heavy atom. The average molecular weight is 343 g/mol. The SMILES string of the molecule is CCC[C@@H]1NC(=O)N(CN2CCC(CCc3ccccc3)CC2)C1=O. The van der Waals surface area contributed by atoms with Gasteiger partial charge in [-0.2, -0.15) is 0 Å². The van der Waals surface area contributed by atoms with Crippen LogP contribution in [0.1, 0.15) is 44.6 Å². The molecule has 2 saturated heterocycles. The summed E-state index contributed by atoms with van der Waals surface area (Å²) in [5, 5.41) is 2.80. The van der Waals surface area contributed by atoms with Gasteiger partial charge >= 0.3 is 6.03 Å². The topological polar surface area (TPSA) is 52.7 Å². The lowest BCUT2D eigenvalue weighted by Gasteiger charge is -2.33. The Morgan fingerprint density at radius 3 is 2.48 bits per heavy atom. The first-order chi connectivity index (χ1) is 12.2. The van der Waals surface area contributed by atoms with Crippen molar-refractivity contribution in [1.82, 2.24) is 15.1 Å². The molecule has 1 aromatic rings. The minimum absolute atomic E-state index is 0.0574. The predicted molar refractivity (Wildman–Crippen MR) is 98.0 cm³/mol. The molecule has 0 saturated carbocycles. The number of hydrogen-bond donors (Lipinski definition) is 1. The van der Waals surface area contributed by atoms with Crippen LogP contribution in [0.25, 0.3) is 0 Å². The van der Waals surface area contributed by atoms with Crippen molar-refractivity contribution in [3.8, 4) is 0 Å². The zero-order valence-corrected chi connectivity index (χ0v) is 15.1. The molecule has 25 heavy (non-hydrogen) atoms. The van der Waals surface area contributed by atoms with E-state index in [0.717, 1.165) is 51.1 Å². The maximum Gasteiger partial charge on any atom is 0.325 e. The van der Waals surface area contributed by atoms with Crippen molar-refractivity contribution in [2.75, 3.05) is 19.8 Å². The number of carbonyl (C=O) groups is 2. The van der Waals surface area contributed by atoms with Gasteiger partial charge in [0, 0.05) is 13.1 Å². The normalized spacial score (nSPS) is 22.4. The van der Waals surface area contributed by atoms with E-state index >= 15 is 0 Å². The van der Waals surface area contributed by atoms with Crippen LogP contribution >= 0.6 is 0 Å². The first kappa shape index (κ1) is 17.9. The highest BCUT2D eigenvalue weighted by Gasteiger charge is 2.38. The number of hydrogen-bond acceptors (Lipinski definition) is 3. The molecule has 0 radical (unpaired) electrons. The summed E-state index contributed by atoms with van der Waals surface area (Å²) in [4.78, 5) is 28.0. The molecule has 2 aliphatic rings.